The van der Waals surface area contributed by atoms with E-state index >= 15 is 0 Å². The lowest BCUT2D eigenvalue weighted by Crippen LogP contribution is -2.00. The molecule has 0 aliphatic carbocycles. The summed E-state index contributed by atoms with van der Waals surface area (Å²) >= 11 is 0. The Morgan fingerprint density at radius 3 is 2.58 bits per heavy atom. The minimum atomic E-state index is 0.962. The van der Waals surface area contributed by atoms with Crippen LogP contribution in [0.5, 0.6) is 0 Å². The van der Waals surface area contributed by atoms with E-state index in [0.717, 1.165) is 18.8 Å². The molecule has 12 heavy (non-hydrogen) atoms. The second-order valence-corrected chi connectivity index (χ2v) is 2.14. The zero-order valence-electron chi connectivity index (χ0n) is 8.17. The highest BCUT2D eigenvalue weighted by Gasteiger charge is 1.85. The van der Waals surface area contributed by atoms with Gasteiger partial charge in [0.1, 0.15) is 5.82 Å². The molecule has 1 heterocycles. The van der Waals surface area contributed by atoms with E-state index < -0.39 is 0 Å². The third-order valence-corrected chi connectivity index (χ3v) is 1.22. The van der Waals surface area contributed by atoms with Crippen molar-refractivity contribution < 1.29 is 0 Å². The van der Waals surface area contributed by atoms with Crippen molar-refractivity contribution in [2.75, 3.05) is 11.9 Å². The van der Waals surface area contributed by atoms with Gasteiger partial charge in [0.05, 0.1) is 0 Å². The lowest BCUT2D eigenvalue weighted by molar-refractivity contribution is 0.969. The number of anilines is 1. The molecule has 2 nitrogen and oxygen atoms in total. The normalized spacial score (nSPS) is 8.25. The van der Waals surface area contributed by atoms with Crippen LogP contribution < -0.4 is 5.32 Å². The first-order valence-corrected chi connectivity index (χ1v) is 4.58. The number of hydrogen-bond acceptors (Lipinski definition) is 2. The summed E-state index contributed by atoms with van der Waals surface area (Å²) in [5.41, 5.74) is 0. The van der Waals surface area contributed by atoms with E-state index in [1.165, 1.54) is 0 Å². The molecule has 1 aromatic rings. The van der Waals surface area contributed by atoms with Gasteiger partial charge in [-0.15, -0.1) is 0 Å². The fraction of sp³-hybridized carbons (Fsp3) is 0.500. The lowest BCUT2D eigenvalue weighted by atomic mass is 10.4. The predicted octanol–water partition coefficient (Wildman–Crippen LogP) is 2.93. The van der Waals surface area contributed by atoms with Crippen LogP contribution >= 0.6 is 0 Å². The molecule has 0 aliphatic heterocycles. The van der Waals surface area contributed by atoms with Crippen LogP contribution in [-0.2, 0) is 0 Å². The number of aromatic nitrogens is 1. The van der Waals surface area contributed by atoms with Gasteiger partial charge in [-0.05, 0) is 18.6 Å². The molecule has 0 spiro atoms. The van der Waals surface area contributed by atoms with Crippen molar-refractivity contribution in [1.29, 1.82) is 0 Å². The number of nitrogens with one attached hydrogen (secondary N) is 1. The van der Waals surface area contributed by atoms with Crippen molar-refractivity contribution >= 4 is 5.82 Å². The molecule has 0 amide bonds. The van der Waals surface area contributed by atoms with Gasteiger partial charge in [-0.2, -0.15) is 0 Å². The molecule has 2 heteroatoms. The van der Waals surface area contributed by atoms with Gasteiger partial charge in [-0.3, -0.25) is 0 Å². The third-order valence-electron chi connectivity index (χ3n) is 1.22. The maximum absolute atomic E-state index is 4.11. The highest BCUT2D eigenvalue weighted by atomic mass is 15.0. The Hall–Kier alpha value is -1.05. The summed E-state index contributed by atoms with van der Waals surface area (Å²) < 4.78 is 0. The van der Waals surface area contributed by atoms with Gasteiger partial charge in [0, 0.05) is 12.7 Å². The minimum absolute atomic E-state index is 0.962. The van der Waals surface area contributed by atoms with Crippen LogP contribution in [0, 0.1) is 0 Å². The molecule has 0 bridgehead atoms. The Bertz CT molecular complexity index is 172. The van der Waals surface area contributed by atoms with Crippen LogP contribution in [0.1, 0.15) is 27.2 Å². The average molecular weight is 166 g/mol. The monoisotopic (exact) mass is 166 g/mol. The van der Waals surface area contributed by atoms with Crippen molar-refractivity contribution in [2.45, 2.75) is 27.2 Å². The first-order chi connectivity index (χ1) is 5.93. The topological polar surface area (TPSA) is 24.9 Å². The number of pyridine rings is 1. The minimum Gasteiger partial charge on any atom is -0.370 e. The van der Waals surface area contributed by atoms with Crippen LogP contribution in [0.25, 0.3) is 0 Å². The molecule has 0 radical (unpaired) electrons. The summed E-state index contributed by atoms with van der Waals surface area (Å²) in [4.78, 5) is 4.11. The van der Waals surface area contributed by atoms with Crippen molar-refractivity contribution in [3.8, 4) is 0 Å². The Morgan fingerprint density at radius 2 is 2.08 bits per heavy atom. The van der Waals surface area contributed by atoms with Crippen LogP contribution in [-0.4, -0.2) is 11.5 Å². The lowest BCUT2D eigenvalue weighted by Gasteiger charge is -2.00. The summed E-state index contributed by atoms with van der Waals surface area (Å²) in [7, 11) is 0. The van der Waals surface area contributed by atoms with Gasteiger partial charge in [0.2, 0.25) is 0 Å². The summed E-state index contributed by atoms with van der Waals surface area (Å²) in [6.07, 6.45) is 2.93. The Balaban J connectivity index is 0.000000561. The Kier molecular flexibility index (Phi) is 7.35. The maximum atomic E-state index is 4.11. The molecule has 0 aromatic carbocycles. The molecular formula is C10H18N2. The molecule has 1 aromatic heterocycles. The van der Waals surface area contributed by atoms with Crippen LogP contribution in [0.15, 0.2) is 24.4 Å². The summed E-state index contributed by atoms with van der Waals surface area (Å²) in [5, 5.41) is 3.18. The van der Waals surface area contributed by atoms with Crippen LogP contribution in [0.3, 0.4) is 0 Å². The molecule has 1 N–H and O–H groups in total. The molecule has 0 saturated heterocycles. The molecule has 0 atom stereocenters. The Morgan fingerprint density at radius 1 is 1.33 bits per heavy atom. The summed E-state index contributed by atoms with van der Waals surface area (Å²) in [5.74, 6) is 0.962. The molecule has 0 unspecified atom stereocenters. The highest BCUT2D eigenvalue weighted by Crippen LogP contribution is 1.98. The molecule has 0 aliphatic rings. The van der Waals surface area contributed by atoms with E-state index in [1.54, 1.807) is 6.20 Å². The summed E-state index contributed by atoms with van der Waals surface area (Å²) in [6.45, 7) is 7.13. The van der Waals surface area contributed by atoms with Crippen molar-refractivity contribution in [3.05, 3.63) is 24.4 Å². The zero-order chi connectivity index (χ0) is 9.23. The van der Waals surface area contributed by atoms with Gasteiger partial charge in [0.15, 0.2) is 0 Å². The van der Waals surface area contributed by atoms with Gasteiger partial charge in [-0.25, -0.2) is 4.98 Å². The van der Waals surface area contributed by atoms with Crippen LogP contribution in [0.4, 0.5) is 5.82 Å². The standard InChI is InChI=1S/C8H12N2.C2H6/c1-2-6-9-8-5-3-4-7-10-8;1-2/h3-5,7H,2,6H2,1H3,(H,9,10);1-2H3. The number of rotatable bonds is 3. The first kappa shape index (κ1) is 11.0. The summed E-state index contributed by atoms with van der Waals surface area (Å²) in [6, 6.07) is 5.86. The van der Waals surface area contributed by atoms with Gasteiger partial charge in [-0.1, -0.05) is 26.8 Å². The predicted molar refractivity (Wildman–Crippen MR) is 54.4 cm³/mol. The molecule has 68 valence electrons. The molecule has 0 fully saturated rings. The van der Waals surface area contributed by atoms with Crippen molar-refractivity contribution in [1.82, 2.24) is 4.98 Å². The smallest absolute Gasteiger partial charge is 0.125 e. The largest absolute Gasteiger partial charge is 0.370 e. The quantitative estimate of drug-likeness (QED) is 0.746. The second kappa shape index (κ2) is 8.05. The molecule has 1 rings (SSSR count). The zero-order valence-corrected chi connectivity index (χ0v) is 8.17. The SMILES string of the molecule is CC.CCCNc1ccccn1. The molecule has 0 saturated carbocycles. The van der Waals surface area contributed by atoms with E-state index in [-0.39, 0.29) is 0 Å². The van der Waals surface area contributed by atoms with E-state index in [9.17, 15) is 0 Å². The number of nitrogens with zero attached hydrogens (tertiary/aromatic N) is 1. The fourth-order valence-corrected chi connectivity index (χ4v) is 0.720. The maximum Gasteiger partial charge on any atom is 0.125 e. The Labute approximate surface area is 75.0 Å². The van der Waals surface area contributed by atoms with E-state index in [2.05, 4.69) is 17.2 Å². The number of hydrogen-bond donors (Lipinski definition) is 1. The average Bonchev–Trinajstić information content (AvgIpc) is 2.19. The van der Waals surface area contributed by atoms with Crippen LogP contribution in [0.2, 0.25) is 0 Å². The van der Waals surface area contributed by atoms with E-state index in [4.69, 9.17) is 0 Å². The van der Waals surface area contributed by atoms with Crippen molar-refractivity contribution in [3.63, 3.8) is 0 Å². The fourth-order valence-electron chi connectivity index (χ4n) is 0.720. The highest BCUT2D eigenvalue weighted by molar-refractivity contribution is 5.32. The molecular weight excluding hydrogens is 148 g/mol. The van der Waals surface area contributed by atoms with Gasteiger partial charge in [0.25, 0.3) is 0 Å². The second-order valence-electron chi connectivity index (χ2n) is 2.14. The van der Waals surface area contributed by atoms with Gasteiger partial charge < -0.3 is 5.32 Å². The van der Waals surface area contributed by atoms with Crippen molar-refractivity contribution in [2.24, 2.45) is 0 Å². The van der Waals surface area contributed by atoms with E-state index in [0.29, 0.717) is 0 Å². The first-order valence-electron chi connectivity index (χ1n) is 4.58. The van der Waals surface area contributed by atoms with Gasteiger partial charge >= 0.3 is 0 Å². The third kappa shape index (κ3) is 4.72. The van der Waals surface area contributed by atoms with E-state index in [1.807, 2.05) is 32.0 Å².